The number of carbonyl (C=O) groups is 1. The molecule has 0 radical (unpaired) electrons. The minimum absolute atomic E-state index is 0.101. The van der Waals surface area contributed by atoms with Crippen molar-refractivity contribution < 1.29 is 9.90 Å². The van der Waals surface area contributed by atoms with E-state index in [0.717, 1.165) is 25.5 Å². The zero-order chi connectivity index (χ0) is 11.3. The van der Waals surface area contributed by atoms with E-state index < -0.39 is 5.97 Å². The predicted molar refractivity (Wildman–Crippen MR) is 56.7 cm³/mol. The molecule has 0 saturated heterocycles. The third-order valence-electron chi connectivity index (χ3n) is 2.39. The van der Waals surface area contributed by atoms with Crippen LogP contribution in [-0.4, -0.2) is 45.2 Å². The fraction of sp³-hybridized carbons (Fsp3) is 0.600. The van der Waals surface area contributed by atoms with Gasteiger partial charge in [0.25, 0.3) is 0 Å². The van der Waals surface area contributed by atoms with Gasteiger partial charge in [0.15, 0.2) is 0 Å². The molecule has 0 atom stereocenters. The number of imidazole rings is 1. The van der Waals surface area contributed by atoms with Crippen molar-refractivity contribution in [1.29, 1.82) is 0 Å². The van der Waals surface area contributed by atoms with Crippen molar-refractivity contribution in [3.63, 3.8) is 0 Å². The number of likely N-dealkylation sites (N-methyl/N-ethyl adjacent to an activating group) is 1. The van der Waals surface area contributed by atoms with Crippen molar-refractivity contribution in [3.8, 4) is 0 Å². The molecular weight excluding hydrogens is 194 g/mol. The molecule has 84 valence electrons. The van der Waals surface area contributed by atoms with Crippen LogP contribution in [-0.2, 0) is 11.3 Å². The quantitative estimate of drug-likeness (QED) is 0.748. The Labute approximate surface area is 89.3 Å². The van der Waals surface area contributed by atoms with Gasteiger partial charge in [-0.1, -0.05) is 6.92 Å². The van der Waals surface area contributed by atoms with E-state index in [9.17, 15) is 4.79 Å². The van der Waals surface area contributed by atoms with Gasteiger partial charge < -0.3 is 9.67 Å². The fourth-order valence-electron chi connectivity index (χ4n) is 1.43. The van der Waals surface area contributed by atoms with E-state index in [0.29, 0.717) is 0 Å². The first-order chi connectivity index (χ1) is 7.13. The summed E-state index contributed by atoms with van der Waals surface area (Å²) in [5.74, 6) is 0.181. The fourth-order valence-corrected chi connectivity index (χ4v) is 1.43. The second-order valence-corrected chi connectivity index (χ2v) is 3.43. The summed E-state index contributed by atoms with van der Waals surface area (Å²) >= 11 is 0. The number of hydrogen-bond acceptors (Lipinski definition) is 3. The van der Waals surface area contributed by atoms with Crippen molar-refractivity contribution in [3.05, 3.63) is 18.2 Å². The molecule has 1 aromatic rings. The molecule has 0 aliphatic heterocycles. The zero-order valence-corrected chi connectivity index (χ0v) is 9.18. The van der Waals surface area contributed by atoms with Crippen molar-refractivity contribution >= 4 is 5.97 Å². The van der Waals surface area contributed by atoms with Crippen LogP contribution in [0.25, 0.3) is 0 Å². The van der Waals surface area contributed by atoms with Crippen molar-refractivity contribution in [2.75, 3.05) is 19.6 Å². The second kappa shape index (κ2) is 5.50. The van der Waals surface area contributed by atoms with Gasteiger partial charge in [-0.2, -0.15) is 0 Å². The minimum atomic E-state index is -0.779. The highest BCUT2D eigenvalue weighted by Gasteiger charge is 2.07. The number of aromatic nitrogens is 2. The lowest BCUT2D eigenvalue weighted by Crippen LogP contribution is -2.32. The zero-order valence-electron chi connectivity index (χ0n) is 9.18. The third kappa shape index (κ3) is 3.71. The summed E-state index contributed by atoms with van der Waals surface area (Å²) < 4.78 is 2.02. The normalized spacial score (nSPS) is 10.9. The van der Waals surface area contributed by atoms with Gasteiger partial charge in [0.2, 0.25) is 0 Å². The molecule has 5 nitrogen and oxygen atoms in total. The van der Waals surface area contributed by atoms with Crippen LogP contribution in [0.3, 0.4) is 0 Å². The first-order valence-electron chi connectivity index (χ1n) is 5.05. The molecule has 1 aromatic heterocycles. The highest BCUT2D eigenvalue weighted by Crippen LogP contribution is 1.96. The number of carboxylic acids is 1. The number of hydrogen-bond donors (Lipinski definition) is 1. The number of aliphatic carboxylic acids is 1. The Morgan fingerprint density at radius 1 is 1.67 bits per heavy atom. The van der Waals surface area contributed by atoms with Gasteiger partial charge in [-0.3, -0.25) is 9.69 Å². The topological polar surface area (TPSA) is 58.4 Å². The monoisotopic (exact) mass is 211 g/mol. The molecule has 0 saturated carbocycles. The Morgan fingerprint density at radius 2 is 2.40 bits per heavy atom. The Bertz CT molecular complexity index is 322. The van der Waals surface area contributed by atoms with Crippen LogP contribution in [0.4, 0.5) is 0 Å². The highest BCUT2D eigenvalue weighted by atomic mass is 16.4. The van der Waals surface area contributed by atoms with Crippen LogP contribution >= 0.6 is 0 Å². The maximum atomic E-state index is 10.5. The standard InChI is InChI=1S/C10H17N3O2/c1-3-12(8-10(14)15)6-7-13-5-4-11-9(13)2/h4-5H,3,6-8H2,1-2H3,(H,14,15). The second-order valence-electron chi connectivity index (χ2n) is 3.43. The van der Waals surface area contributed by atoms with Crippen LogP contribution in [0, 0.1) is 6.92 Å². The maximum Gasteiger partial charge on any atom is 0.317 e. The molecule has 0 aliphatic carbocycles. The van der Waals surface area contributed by atoms with Gasteiger partial charge in [0, 0.05) is 25.5 Å². The van der Waals surface area contributed by atoms with Gasteiger partial charge in [0.05, 0.1) is 6.54 Å². The van der Waals surface area contributed by atoms with Crippen molar-refractivity contribution in [2.24, 2.45) is 0 Å². The first kappa shape index (κ1) is 11.7. The van der Waals surface area contributed by atoms with Crippen molar-refractivity contribution in [1.82, 2.24) is 14.5 Å². The molecule has 0 aromatic carbocycles. The van der Waals surface area contributed by atoms with Crippen LogP contribution in [0.1, 0.15) is 12.7 Å². The van der Waals surface area contributed by atoms with Crippen LogP contribution in [0.5, 0.6) is 0 Å². The van der Waals surface area contributed by atoms with Gasteiger partial charge in [-0.25, -0.2) is 4.98 Å². The molecule has 0 aliphatic rings. The number of nitrogens with zero attached hydrogens (tertiary/aromatic N) is 3. The van der Waals surface area contributed by atoms with E-state index in [4.69, 9.17) is 5.11 Å². The lowest BCUT2D eigenvalue weighted by Gasteiger charge is -2.18. The van der Waals surface area contributed by atoms with Gasteiger partial charge in [-0.15, -0.1) is 0 Å². The summed E-state index contributed by atoms with van der Waals surface area (Å²) in [6.07, 6.45) is 3.66. The Hall–Kier alpha value is -1.36. The van der Waals surface area contributed by atoms with Gasteiger partial charge in [-0.05, 0) is 13.5 Å². The van der Waals surface area contributed by atoms with E-state index in [1.54, 1.807) is 6.20 Å². The summed E-state index contributed by atoms with van der Waals surface area (Å²) in [7, 11) is 0. The summed E-state index contributed by atoms with van der Waals surface area (Å²) in [6.45, 7) is 6.27. The van der Waals surface area contributed by atoms with E-state index >= 15 is 0 Å². The molecule has 0 fully saturated rings. The van der Waals surface area contributed by atoms with E-state index in [1.807, 2.05) is 29.5 Å². The molecule has 0 amide bonds. The number of carboxylic acid groups (broad SMARTS) is 1. The predicted octanol–water partition coefficient (Wildman–Crippen LogP) is 0.598. The smallest absolute Gasteiger partial charge is 0.317 e. The SMILES string of the molecule is CCN(CCn1ccnc1C)CC(=O)O. The van der Waals surface area contributed by atoms with Gasteiger partial charge >= 0.3 is 5.97 Å². The molecule has 0 unspecified atom stereocenters. The molecule has 1 N–H and O–H groups in total. The first-order valence-corrected chi connectivity index (χ1v) is 5.05. The molecule has 1 rings (SSSR count). The summed E-state index contributed by atoms with van der Waals surface area (Å²) in [6, 6.07) is 0. The minimum Gasteiger partial charge on any atom is -0.480 e. The van der Waals surface area contributed by atoms with E-state index in [-0.39, 0.29) is 6.54 Å². The third-order valence-corrected chi connectivity index (χ3v) is 2.39. The summed E-state index contributed by atoms with van der Waals surface area (Å²) in [5, 5.41) is 8.67. The average molecular weight is 211 g/mol. The van der Waals surface area contributed by atoms with Crippen molar-refractivity contribution in [2.45, 2.75) is 20.4 Å². The average Bonchev–Trinajstić information content (AvgIpc) is 2.58. The lowest BCUT2D eigenvalue weighted by atomic mass is 10.4. The Morgan fingerprint density at radius 3 is 2.87 bits per heavy atom. The summed E-state index contributed by atoms with van der Waals surface area (Å²) in [5.41, 5.74) is 0. The molecule has 1 heterocycles. The molecule has 0 spiro atoms. The van der Waals surface area contributed by atoms with E-state index in [1.165, 1.54) is 0 Å². The number of aryl methyl sites for hydroxylation is 1. The largest absolute Gasteiger partial charge is 0.480 e. The van der Waals surface area contributed by atoms with Crippen LogP contribution < -0.4 is 0 Å². The number of rotatable bonds is 6. The van der Waals surface area contributed by atoms with E-state index in [2.05, 4.69) is 4.98 Å². The molecule has 15 heavy (non-hydrogen) atoms. The lowest BCUT2D eigenvalue weighted by molar-refractivity contribution is -0.138. The summed E-state index contributed by atoms with van der Waals surface area (Å²) in [4.78, 5) is 16.5. The molecule has 0 bridgehead atoms. The Kier molecular flexibility index (Phi) is 4.30. The molecule has 5 heteroatoms. The maximum absolute atomic E-state index is 10.5. The highest BCUT2D eigenvalue weighted by molar-refractivity contribution is 5.69. The molecular formula is C10H17N3O2. The van der Waals surface area contributed by atoms with Crippen LogP contribution in [0.2, 0.25) is 0 Å². The Balaban J connectivity index is 2.41. The van der Waals surface area contributed by atoms with Gasteiger partial charge in [0.1, 0.15) is 5.82 Å². The van der Waals surface area contributed by atoms with Crippen LogP contribution in [0.15, 0.2) is 12.4 Å².